The molecule has 7 nitrogen and oxygen atoms in total. The number of halogens is 1. The second-order valence-electron chi connectivity index (χ2n) is 6.53. The quantitative estimate of drug-likeness (QED) is 0.676. The highest BCUT2D eigenvalue weighted by Gasteiger charge is 2.20. The molecule has 0 spiro atoms. The minimum Gasteiger partial charge on any atom is -0.335 e. The van der Waals surface area contributed by atoms with Crippen molar-refractivity contribution in [3.63, 3.8) is 0 Å². The summed E-state index contributed by atoms with van der Waals surface area (Å²) in [6.07, 6.45) is 0. The molecule has 1 amide bonds. The Balaban J connectivity index is 1.72. The summed E-state index contributed by atoms with van der Waals surface area (Å²) in [5.74, 6) is -0.321. The second kappa shape index (κ2) is 8.26. The van der Waals surface area contributed by atoms with E-state index >= 15 is 0 Å². The molecule has 3 rings (SSSR count). The zero-order chi connectivity index (χ0) is 19.4. The molecule has 0 saturated carbocycles. The van der Waals surface area contributed by atoms with Crippen LogP contribution >= 0.6 is 11.6 Å². The molecular weight excluding hydrogens is 388 g/mol. The predicted molar refractivity (Wildman–Crippen MR) is 104 cm³/mol. The molecule has 3 N–H and O–H groups in total. The average Bonchev–Trinajstić information content (AvgIpc) is 2.65. The lowest BCUT2D eigenvalue weighted by Crippen LogP contribution is -3.12. The summed E-state index contributed by atoms with van der Waals surface area (Å²) in [7, 11) is -1.70. The molecule has 1 heterocycles. The van der Waals surface area contributed by atoms with Gasteiger partial charge in [-0.05, 0) is 42.5 Å². The highest BCUT2D eigenvalue weighted by molar-refractivity contribution is 7.92. The lowest BCUT2D eigenvalue weighted by atomic mass is 10.2. The first-order valence-electron chi connectivity index (χ1n) is 8.59. The number of likely N-dealkylation sites (N-methyl/N-ethyl adjacent to an activating group) is 1. The molecular formula is C18H22ClN4O3S+. The molecule has 0 aromatic heterocycles. The van der Waals surface area contributed by atoms with E-state index in [1.165, 1.54) is 17.0 Å². The average molecular weight is 410 g/mol. The fourth-order valence-electron chi connectivity index (χ4n) is 2.74. The smallest absolute Gasteiger partial charge is 0.265 e. The third-order valence-electron chi connectivity index (χ3n) is 4.38. The minimum absolute atomic E-state index is 0.0212. The monoisotopic (exact) mass is 409 g/mol. The number of piperazine rings is 1. The maximum absolute atomic E-state index is 12.6. The van der Waals surface area contributed by atoms with E-state index in [0.717, 1.165) is 26.2 Å². The van der Waals surface area contributed by atoms with Gasteiger partial charge in [-0.2, -0.15) is 0 Å². The van der Waals surface area contributed by atoms with Gasteiger partial charge >= 0.3 is 0 Å². The molecule has 2 aromatic rings. The van der Waals surface area contributed by atoms with E-state index in [4.69, 9.17) is 11.6 Å². The molecule has 27 heavy (non-hydrogen) atoms. The van der Waals surface area contributed by atoms with E-state index in [1.807, 2.05) is 5.01 Å². The molecule has 1 aliphatic rings. The standard InChI is InChI=1S/C18H21ClN4O3S/c1-22-9-11-23(12-10-22)20-18(24)14-3-2-4-17(13-14)27(25,26)21-16-7-5-15(19)6-8-16/h2-8,13,21H,9-12H2,1H3,(H,20,24)/p+1. The van der Waals surface area contributed by atoms with Gasteiger partial charge in [0, 0.05) is 16.3 Å². The molecule has 1 saturated heterocycles. The SMILES string of the molecule is C[NH+]1CCN(NC(=O)c2cccc(S(=O)(=O)Nc3ccc(Cl)cc3)c2)CC1. The molecule has 0 unspecified atom stereocenters. The fourth-order valence-corrected chi connectivity index (χ4v) is 3.97. The van der Waals surface area contributed by atoms with E-state index in [9.17, 15) is 13.2 Å². The number of sulfonamides is 1. The van der Waals surface area contributed by atoms with Gasteiger partial charge in [-0.25, -0.2) is 13.4 Å². The van der Waals surface area contributed by atoms with Gasteiger partial charge in [0.15, 0.2) is 0 Å². The van der Waals surface area contributed by atoms with Crippen LogP contribution in [0, 0.1) is 0 Å². The molecule has 0 aliphatic carbocycles. The summed E-state index contributed by atoms with van der Waals surface area (Å²) in [6.45, 7) is 3.40. The van der Waals surface area contributed by atoms with Gasteiger partial charge < -0.3 is 4.90 Å². The minimum atomic E-state index is -3.81. The van der Waals surface area contributed by atoms with Crippen molar-refractivity contribution in [3.8, 4) is 0 Å². The van der Waals surface area contributed by atoms with Crippen LogP contribution in [0.25, 0.3) is 0 Å². The molecule has 1 aliphatic heterocycles. The number of nitrogens with zero attached hydrogens (tertiary/aromatic N) is 1. The van der Waals surface area contributed by atoms with Crippen LogP contribution in [0.1, 0.15) is 10.4 Å². The first-order valence-corrected chi connectivity index (χ1v) is 10.5. The summed E-state index contributed by atoms with van der Waals surface area (Å²) in [5, 5.41) is 2.38. The number of carbonyl (C=O) groups excluding carboxylic acids is 1. The topological polar surface area (TPSA) is 83.0 Å². The van der Waals surface area contributed by atoms with Crippen molar-refractivity contribution in [2.45, 2.75) is 4.90 Å². The van der Waals surface area contributed by atoms with Crippen LogP contribution in [0.2, 0.25) is 5.02 Å². The van der Waals surface area contributed by atoms with E-state index < -0.39 is 10.0 Å². The van der Waals surface area contributed by atoms with Gasteiger partial charge in [-0.3, -0.25) is 14.9 Å². The van der Waals surface area contributed by atoms with E-state index in [1.54, 1.807) is 36.4 Å². The lowest BCUT2D eigenvalue weighted by molar-refractivity contribution is -0.884. The van der Waals surface area contributed by atoms with Gasteiger partial charge in [0.1, 0.15) is 0 Å². The van der Waals surface area contributed by atoms with Crippen LogP contribution in [-0.2, 0) is 10.0 Å². The van der Waals surface area contributed by atoms with Gasteiger partial charge in [-0.1, -0.05) is 17.7 Å². The van der Waals surface area contributed by atoms with Crippen molar-refractivity contribution >= 4 is 33.2 Å². The van der Waals surface area contributed by atoms with Crippen LogP contribution in [0.4, 0.5) is 5.69 Å². The van der Waals surface area contributed by atoms with Crippen molar-refractivity contribution in [1.29, 1.82) is 0 Å². The Labute approximate surface area is 163 Å². The summed E-state index contributed by atoms with van der Waals surface area (Å²) >= 11 is 5.82. The predicted octanol–water partition coefficient (Wildman–Crippen LogP) is 0.616. The van der Waals surface area contributed by atoms with E-state index in [-0.39, 0.29) is 10.8 Å². The summed E-state index contributed by atoms with van der Waals surface area (Å²) in [5.41, 5.74) is 3.53. The number of carbonyl (C=O) groups is 1. The van der Waals surface area contributed by atoms with Crippen molar-refractivity contribution in [1.82, 2.24) is 10.4 Å². The Morgan fingerprint density at radius 1 is 1.11 bits per heavy atom. The molecule has 0 bridgehead atoms. The number of hydrogen-bond donors (Lipinski definition) is 3. The highest BCUT2D eigenvalue weighted by Crippen LogP contribution is 2.19. The fraction of sp³-hybridized carbons (Fsp3) is 0.278. The highest BCUT2D eigenvalue weighted by atomic mass is 35.5. The van der Waals surface area contributed by atoms with Crippen LogP contribution in [0.15, 0.2) is 53.4 Å². The zero-order valence-electron chi connectivity index (χ0n) is 14.9. The number of rotatable bonds is 5. The Morgan fingerprint density at radius 3 is 2.44 bits per heavy atom. The van der Waals surface area contributed by atoms with Crippen LogP contribution in [0.5, 0.6) is 0 Å². The Morgan fingerprint density at radius 2 is 1.78 bits per heavy atom. The largest absolute Gasteiger partial charge is 0.335 e. The van der Waals surface area contributed by atoms with E-state index in [0.29, 0.717) is 16.3 Å². The molecule has 9 heteroatoms. The van der Waals surface area contributed by atoms with E-state index in [2.05, 4.69) is 17.2 Å². The number of hydrogen-bond acceptors (Lipinski definition) is 4. The molecule has 144 valence electrons. The van der Waals surface area contributed by atoms with Gasteiger partial charge in [0.25, 0.3) is 15.9 Å². The lowest BCUT2D eigenvalue weighted by Gasteiger charge is -2.30. The number of hydrazine groups is 1. The molecule has 0 radical (unpaired) electrons. The number of amides is 1. The van der Waals surface area contributed by atoms with Crippen LogP contribution in [-0.4, -0.2) is 52.6 Å². The summed E-state index contributed by atoms with van der Waals surface area (Å²) < 4.78 is 27.7. The van der Waals surface area contributed by atoms with Gasteiger partial charge in [0.05, 0.1) is 38.1 Å². The maximum Gasteiger partial charge on any atom is 0.265 e. The van der Waals surface area contributed by atoms with Crippen molar-refractivity contribution in [3.05, 3.63) is 59.1 Å². The zero-order valence-corrected chi connectivity index (χ0v) is 16.5. The van der Waals surface area contributed by atoms with Crippen molar-refractivity contribution < 1.29 is 18.1 Å². The second-order valence-corrected chi connectivity index (χ2v) is 8.64. The number of nitrogens with one attached hydrogen (secondary N) is 3. The summed E-state index contributed by atoms with van der Waals surface area (Å²) in [6, 6.07) is 12.3. The Kier molecular flexibility index (Phi) is 6.01. The first kappa shape index (κ1) is 19.6. The molecule has 2 aromatic carbocycles. The number of quaternary nitrogens is 1. The third kappa shape index (κ3) is 5.20. The molecule has 0 atom stereocenters. The van der Waals surface area contributed by atoms with Gasteiger partial charge in [-0.15, -0.1) is 0 Å². The number of anilines is 1. The Bertz CT molecular complexity index is 910. The molecule has 1 fully saturated rings. The van der Waals surface area contributed by atoms with Gasteiger partial charge in [0.2, 0.25) is 0 Å². The van der Waals surface area contributed by atoms with Crippen LogP contribution < -0.4 is 15.0 Å². The number of benzene rings is 2. The Hall–Kier alpha value is -2.13. The maximum atomic E-state index is 12.6. The van der Waals surface area contributed by atoms with Crippen molar-refractivity contribution in [2.75, 3.05) is 37.9 Å². The third-order valence-corrected chi connectivity index (χ3v) is 6.01. The van der Waals surface area contributed by atoms with Crippen molar-refractivity contribution in [2.24, 2.45) is 0 Å². The normalized spacial score (nSPS) is 16.1. The summed E-state index contributed by atoms with van der Waals surface area (Å²) in [4.78, 5) is 13.9. The first-order chi connectivity index (χ1) is 12.8. The van der Waals surface area contributed by atoms with Crippen LogP contribution in [0.3, 0.4) is 0 Å².